The molecule has 0 radical (unpaired) electrons. The van der Waals surface area contributed by atoms with Crippen LogP contribution in [0.4, 0.5) is 0 Å². The lowest BCUT2D eigenvalue weighted by atomic mass is 9.85. The van der Waals surface area contributed by atoms with E-state index in [-0.39, 0.29) is 42.2 Å². The van der Waals surface area contributed by atoms with Crippen LogP contribution in [0.15, 0.2) is 12.2 Å². The zero-order valence-corrected chi connectivity index (χ0v) is 10.3. The topological polar surface area (TPSA) is 57.6 Å². The average molecular weight is 237 g/mol. The first-order valence-corrected chi connectivity index (χ1v) is 6.20. The second-order valence-electron chi connectivity index (χ2n) is 5.20. The predicted molar refractivity (Wildman–Crippen MR) is 62.9 cm³/mol. The molecule has 1 aliphatic heterocycles. The summed E-state index contributed by atoms with van der Waals surface area (Å²) in [5, 5.41) is 9.36. The van der Waals surface area contributed by atoms with Crippen molar-refractivity contribution in [3.63, 3.8) is 0 Å². The van der Waals surface area contributed by atoms with E-state index in [0.717, 1.165) is 0 Å². The van der Waals surface area contributed by atoms with Gasteiger partial charge in [0.15, 0.2) is 0 Å². The molecule has 1 N–H and O–H groups in total. The normalized spacial score (nSPS) is 30.0. The van der Waals surface area contributed by atoms with E-state index in [1.165, 1.54) is 4.90 Å². The summed E-state index contributed by atoms with van der Waals surface area (Å²) in [6.45, 7) is 3.69. The molecular formula is C13H19NO3. The molecule has 2 amide bonds. The van der Waals surface area contributed by atoms with Crippen LogP contribution in [0, 0.1) is 17.8 Å². The Hall–Kier alpha value is -1.16. The minimum Gasteiger partial charge on any atom is -0.394 e. The van der Waals surface area contributed by atoms with Gasteiger partial charge in [0.05, 0.1) is 24.5 Å². The summed E-state index contributed by atoms with van der Waals surface area (Å²) in [4.78, 5) is 25.7. The molecule has 1 fully saturated rings. The molecule has 0 aromatic carbocycles. The summed E-state index contributed by atoms with van der Waals surface area (Å²) < 4.78 is 0. The van der Waals surface area contributed by atoms with E-state index in [2.05, 4.69) is 0 Å². The van der Waals surface area contributed by atoms with E-state index < -0.39 is 0 Å². The van der Waals surface area contributed by atoms with Gasteiger partial charge in [-0.25, -0.2) is 0 Å². The first kappa shape index (κ1) is 12.3. The highest BCUT2D eigenvalue weighted by molar-refractivity contribution is 6.05. The quantitative estimate of drug-likeness (QED) is 0.587. The van der Waals surface area contributed by atoms with E-state index in [9.17, 15) is 14.7 Å². The first-order valence-electron chi connectivity index (χ1n) is 6.20. The molecule has 1 unspecified atom stereocenters. The van der Waals surface area contributed by atoms with Gasteiger partial charge in [-0.3, -0.25) is 14.5 Å². The SMILES string of the molecule is CC(C)C(CO)N1C(=O)[C@H]2CC=CC[C@H]2C1=O. The second kappa shape index (κ2) is 4.61. The highest BCUT2D eigenvalue weighted by Gasteiger charge is 2.49. The van der Waals surface area contributed by atoms with Crippen molar-refractivity contribution in [2.45, 2.75) is 32.7 Å². The van der Waals surface area contributed by atoms with Crippen LogP contribution in [-0.4, -0.2) is 34.5 Å². The number of carbonyl (C=O) groups is 2. The molecule has 3 atom stereocenters. The molecule has 2 rings (SSSR count). The van der Waals surface area contributed by atoms with E-state index >= 15 is 0 Å². The third-order valence-electron chi connectivity index (χ3n) is 3.83. The van der Waals surface area contributed by atoms with E-state index in [4.69, 9.17) is 0 Å². The van der Waals surface area contributed by atoms with Crippen molar-refractivity contribution < 1.29 is 14.7 Å². The number of hydrogen-bond acceptors (Lipinski definition) is 3. The number of amides is 2. The van der Waals surface area contributed by atoms with Crippen LogP contribution < -0.4 is 0 Å². The second-order valence-corrected chi connectivity index (χ2v) is 5.20. The number of aliphatic hydroxyl groups excluding tert-OH is 1. The van der Waals surface area contributed by atoms with Gasteiger partial charge >= 0.3 is 0 Å². The molecule has 1 aliphatic carbocycles. The van der Waals surface area contributed by atoms with Crippen LogP contribution in [-0.2, 0) is 9.59 Å². The molecule has 17 heavy (non-hydrogen) atoms. The first-order chi connectivity index (χ1) is 8.07. The number of carbonyl (C=O) groups excluding carboxylic acids is 2. The average Bonchev–Trinajstić information content (AvgIpc) is 2.56. The number of likely N-dealkylation sites (tertiary alicyclic amines) is 1. The number of hydrogen-bond donors (Lipinski definition) is 1. The summed E-state index contributed by atoms with van der Waals surface area (Å²) >= 11 is 0. The molecule has 0 aromatic heterocycles. The van der Waals surface area contributed by atoms with E-state index in [0.29, 0.717) is 12.8 Å². The van der Waals surface area contributed by atoms with Gasteiger partial charge in [-0.1, -0.05) is 26.0 Å². The van der Waals surface area contributed by atoms with Crippen molar-refractivity contribution in [2.75, 3.05) is 6.61 Å². The monoisotopic (exact) mass is 237 g/mol. The van der Waals surface area contributed by atoms with Gasteiger partial charge in [-0.15, -0.1) is 0 Å². The smallest absolute Gasteiger partial charge is 0.233 e. The highest BCUT2D eigenvalue weighted by atomic mass is 16.3. The van der Waals surface area contributed by atoms with Gasteiger partial charge in [0, 0.05) is 0 Å². The highest BCUT2D eigenvalue weighted by Crippen LogP contribution is 2.36. The van der Waals surface area contributed by atoms with Gasteiger partial charge in [-0.2, -0.15) is 0 Å². The molecular weight excluding hydrogens is 218 g/mol. The molecule has 1 saturated heterocycles. The van der Waals surface area contributed by atoms with Crippen LogP contribution in [0.1, 0.15) is 26.7 Å². The number of allylic oxidation sites excluding steroid dienone is 2. The summed E-state index contributed by atoms with van der Waals surface area (Å²) in [6.07, 6.45) is 5.25. The van der Waals surface area contributed by atoms with Crippen molar-refractivity contribution >= 4 is 11.8 Å². The number of imide groups is 1. The molecule has 1 heterocycles. The van der Waals surface area contributed by atoms with Crippen LogP contribution in [0.2, 0.25) is 0 Å². The van der Waals surface area contributed by atoms with Gasteiger partial charge in [0.1, 0.15) is 0 Å². The van der Waals surface area contributed by atoms with Gasteiger partial charge < -0.3 is 5.11 Å². The molecule has 4 nitrogen and oxygen atoms in total. The lowest BCUT2D eigenvalue weighted by Gasteiger charge is -2.28. The Balaban J connectivity index is 2.25. The Bertz CT molecular complexity index is 336. The Morgan fingerprint density at radius 2 is 1.71 bits per heavy atom. The Morgan fingerprint density at radius 1 is 1.24 bits per heavy atom. The predicted octanol–water partition coefficient (Wildman–Crippen LogP) is 0.954. The van der Waals surface area contributed by atoms with E-state index in [1.54, 1.807) is 0 Å². The number of fused-ring (bicyclic) bond motifs is 1. The molecule has 0 aromatic rings. The third-order valence-corrected chi connectivity index (χ3v) is 3.83. The summed E-state index contributed by atoms with van der Waals surface area (Å²) in [7, 11) is 0. The zero-order chi connectivity index (χ0) is 12.6. The Labute approximate surface area is 101 Å². The van der Waals surface area contributed by atoms with Crippen LogP contribution in [0.25, 0.3) is 0 Å². The fraction of sp³-hybridized carbons (Fsp3) is 0.692. The third kappa shape index (κ3) is 1.90. The minimum atomic E-state index is -0.374. The molecule has 0 saturated carbocycles. The number of aliphatic hydroxyl groups is 1. The van der Waals surface area contributed by atoms with Crippen LogP contribution >= 0.6 is 0 Å². The summed E-state index contributed by atoms with van der Waals surface area (Å²) in [5.74, 6) is -0.504. The van der Waals surface area contributed by atoms with Crippen molar-refractivity contribution in [3.05, 3.63) is 12.2 Å². The van der Waals surface area contributed by atoms with Crippen LogP contribution in [0.5, 0.6) is 0 Å². The van der Waals surface area contributed by atoms with Crippen molar-refractivity contribution in [1.82, 2.24) is 4.90 Å². The maximum absolute atomic E-state index is 12.2. The lowest BCUT2D eigenvalue weighted by Crippen LogP contribution is -2.45. The van der Waals surface area contributed by atoms with Crippen LogP contribution in [0.3, 0.4) is 0 Å². The van der Waals surface area contributed by atoms with E-state index in [1.807, 2.05) is 26.0 Å². The number of rotatable bonds is 3. The minimum absolute atomic E-state index is 0.0843. The fourth-order valence-corrected chi connectivity index (χ4v) is 2.74. The van der Waals surface area contributed by atoms with Gasteiger partial charge in [0.25, 0.3) is 0 Å². The molecule has 0 bridgehead atoms. The lowest BCUT2D eigenvalue weighted by molar-refractivity contribution is -0.145. The Morgan fingerprint density at radius 3 is 2.06 bits per heavy atom. The summed E-state index contributed by atoms with van der Waals surface area (Å²) in [5.41, 5.74) is 0. The van der Waals surface area contributed by atoms with Gasteiger partial charge in [-0.05, 0) is 18.8 Å². The molecule has 94 valence electrons. The van der Waals surface area contributed by atoms with Crippen molar-refractivity contribution in [1.29, 1.82) is 0 Å². The molecule has 0 spiro atoms. The Kier molecular flexibility index (Phi) is 3.33. The number of nitrogens with zero attached hydrogens (tertiary/aromatic N) is 1. The molecule has 2 aliphatic rings. The van der Waals surface area contributed by atoms with Gasteiger partial charge in [0.2, 0.25) is 11.8 Å². The largest absolute Gasteiger partial charge is 0.394 e. The zero-order valence-electron chi connectivity index (χ0n) is 10.3. The summed E-state index contributed by atoms with van der Waals surface area (Å²) in [6, 6.07) is -0.374. The molecule has 4 heteroatoms. The maximum atomic E-state index is 12.2. The maximum Gasteiger partial charge on any atom is 0.233 e. The fourth-order valence-electron chi connectivity index (χ4n) is 2.74. The standard InChI is InChI=1S/C13H19NO3/c1-8(2)11(7-15)14-12(16)9-5-3-4-6-10(9)13(14)17/h3-4,8-11,15H,5-7H2,1-2H3/t9-,10+,11?. The van der Waals surface area contributed by atoms with Crippen molar-refractivity contribution in [2.24, 2.45) is 17.8 Å². The van der Waals surface area contributed by atoms with Crippen molar-refractivity contribution in [3.8, 4) is 0 Å².